The summed E-state index contributed by atoms with van der Waals surface area (Å²) in [6.07, 6.45) is 28.9. The lowest BCUT2D eigenvalue weighted by Gasteiger charge is -2.39. The smallest absolute Gasteiger partial charge is 0.0976 e. The Bertz CT molecular complexity index is 2740. The van der Waals surface area contributed by atoms with Crippen molar-refractivity contribution in [2.24, 2.45) is 11.8 Å². The van der Waals surface area contributed by atoms with Crippen LogP contribution < -0.4 is 9.80 Å². The molecule has 6 aromatic carbocycles. The SMILES string of the molecule is C/C=C\C=C/C1=CCCc2ccccc2N1c1ccc(-c2ccc(/C=C/C3=CC=CC4C3CCc3c#cc(N5c6ccccc6CCc6ccccc65)cc3C4(C)C)cc2)cc1. The van der Waals surface area contributed by atoms with Crippen molar-refractivity contribution in [2.45, 2.75) is 64.7 Å². The van der Waals surface area contributed by atoms with E-state index >= 15 is 0 Å². The third-order valence-corrected chi connectivity index (χ3v) is 13.7. The van der Waals surface area contributed by atoms with Gasteiger partial charge in [0, 0.05) is 34.0 Å². The molecule has 0 amide bonds. The molecule has 0 fully saturated rings. The van der Waals surface area contributed by atoms with E-state index in [4.69, 9.17) is 0 Å². The zero-order valence-corrected chi connectivity index (χ0v) is 36.2. The van der Waals surface area contributed by atoms with Gasteiger partial charge in [-0.25, -0.2) is 0 Å². The number of para-hydroxylation sites is 3. The predicted molar refractivity (Wildman–Crippen MR) is 262 cm³/mol. The van der Waals surface area contributed by atoms with E-state index in [-0.39, 0.29) is 5.41 Å². The quantitative estimate of drug-likeness (QED) is 0.148. The van der Waals surface area contributed by atoms with Gasteiger partial charge in [0.1, 0.15) is 0 Å². The molecule has 0 saturated carbocycles. The van der Waals surface area contributed by atoms with Gasteiger partial charge in [0.05, 0.1) is 5.69 Å². The van der Waals surface area contributed by atoms with Crippen LogP contribution in [-0.4, -0.2) is 0 Å². The molecule has 2 heteroatoms. The average molecular weight is 803 g/mol. The molecule has 2 aliphatic heterocycles. The molecule has 6 aromatic rings. The summed E-state index contributed by atoms with van der Waals surface area (Å²) in [4.78, 5) is 4.84. The van der Waals surface area contributed by atoms with Gasteiger partial charge in [-0.05, 0) is 156 Å². The number of fused-ring (bicyclic) bond motifs is 5. The summed E-state index contributed by atoms with van der Waals surface area (Å²) in [6.45, 7) is 6.95. The van der Waals surface area contributed by atoms with Crippen molar-refractivity contribution in [2.75, 3.05) is 9.80 Å². The number of nitrogens with zero attached hydrogens (tertiary/aromatic N) is 2. The van der Waals surface area contributed by atoms with Gasteiger partial charge in [-0.15, -0.1) is 0 Å². The van der Waals surface area contributed by atoms with Crippen molar-refractivity contribution in [3.05, 3.63) is 239 Å². The number of aryl methyl sites for hydroxylation is 3. The highest BCUT2D eigenvalue weighted by Crippen LogP contribution is 2.49. The van der Waals surface area contributed by atoms with Crippen molar-refractivity contribution in [1.29, 1.82) is 0 Å². The Balaban J connectivity index is 0.876. The van der Waals surface area contributed by atoms with E-state index < -0.39 is 0 Å². The molecule has 0 aromatic heterocycles. The van der Waals surface area contributed by atoms with E-state index in [1.807, 2.05) is 0 Å². The highest BCUT2D eigenvalue weighted by Gasteiger charge is 2.41. The second-order valence-electron chi connectivity index (χ2n) is 17.7. The Morgan fingerprint density at radius 3 is 1.94 bits per heavy atom. The fraction of sp³-hybridized carbons (Fsp3) is 0.200. The average Bonchev–Trinajstić information content (AvgIpc) is 3.65. The molecular weight excluding hydrogens is 749 g/mol. The minimum absolute atomic E-state index is 0.0969. The van der Waals surface area contributed by atoms with Crippen LogP contribution in [0.2, 0.25) is 0 Å². The second-order valence-corrected chi connectivity index (χ2v) is 17.7. The van der Waals surface area contributed by atoms with Crippen molar-refractivity contribution < 1.29 is 0 Å². The number of benzene rings is 5. The molecular formula is C60H54N2. The summed E-state index contributed by atoms with van der Waals surface area (Å²) >= 11 is 0. The van der Waals surface area contributed by atoms with Gasteiger partial charge in [-0.1, -0.05) is 166 Å². The normalized spacial score (nSPS) is 19.0. The molecule has 2 unspecified atom stereocenters. The summed E-state index contributed by atoms with van der Waals surface area (Å²) < 4.78 is 0. The fourth-order valence-corrected chi connectivity index (χ4v) is 10.4. The molecule has 2 atom stereocenters. The molecule has 0 N–H and O–H groups in total. The van der Waals surface area contributed by atoms with Crippen molar-refractivity contribution in [3.63, 3.8) is 0 Å². The van der Waals surface area contributed by atoms with E-state index in [0.717, 1.165) is 44.2 Å². The zero-order chi connectivity index (χ0) is 42.0. The lowest BCUT2D eigenvalue weighted by atomic mass is 9.65. The Morgan fingerprint density at radius 2 is 1.26 bits per heavy atom. The molecule has 0 spiro atoms. The third kappa shape index (κ3) is 7.47. The van der Waals surface area contributed by atoms with Crippen molar-refractivity contribution in [1.82, 2.24) is 0 Å². The molecule has 2 heterocycles. The summed E-state index contributed by atoms with van der Waals surface area (Å²) in [5.41, 5.74) is 19.0. The Labute approximate surface area is 369 Å². The lowest BCUT2D eigenvalue weighted by Crippen LogP contribution is -2.34. The third-order valence-electron chi connectivity index (χ3n) is 13.7. The molecule has 2 aliphatic carbocycles. The first-order valence-corrected chi connectivity index (χ1v) is 22.5. The molecule has 62 heavy (non-hydrogen) atoms. The Hall–Kier alpha value is -6.82. The number of anilines is 5. The largest absolute Gasteiger partial charge is 0.311 e. The van der Waals surface area contributed by atoms with Gasteiger partial charge in [-0.2, -0.15) is 0 Å². The topological polar surface area (TPSA) is 6.48 Å². The minimum Gasteiger partial charge on any atom is -0.311 e. The Morgan fingerprint density at radius 1 is 0.629 bits per heavy atom. The van der Waals surface area contributed by atoms with Gasteiger partial charge in [0.2, 0.25) is 0 Å². The van der Waals surface area contributed by atoms with E-state index in [1.165, 1.54) is 78.5 Å². The van der Waals surface area contributed by atoms with E-state index in [0.29, 0.717) is 11.8 Å². The van der Waals surface area contributed by atoms with Crippen LogP contribution >= 0.6 is 0 Å². The highest BCUT2D eigenvalue weighted by molar-refractivity contribution is 5.81. The first-order chi connectivity index (χ1) is 30.5. The fourth-order valence-electron chi connectivity index (χ4n) is 10.4. The number of allylic oxidation sites excluding steroid dienone is 10. The van der Waals surface area contributed by atoms with Crippen LogP contribution in [0.1, 0.15) is 67.0 Å². The summed E-state index contributed by atoms with van der Waals surface area (Å²) in [5, 5.41) is 0. The number of rotatable bonds is 7. The Kier molecular flexibility index (Phi) is 10.7. The van der Waals surface area contributed by atoms with E-state index in [9.17, 15) is 0 Å². The molecule has 4 aliphatic rings. The zero-order valence-electron chi connectivity index (χ0n) is 36.2. The summed E-state index contributed by atoms with van der Waals surface area (Å²) in [7, 11) is 0. The molecule has 0 saturated heterocycles. The van der Waals surface area contributed by atoms with Crippen LogP contribution in [0.4, 0.5) is 28.4 Å². The van der Waals surface area contributed by atoms with Crippen molar-refractivity contribution >= 4 is 34.5 Å². The second kappa shape index (κ2) is 16.9. The number of hydrogen-bond donors (Lipinski definition) is 0. The highest BCUT2D eigenvalue weighted by atomic mass is 15.2. The maximum Gasteiger partial charge on any atom is 0.0976 e. The maximum atomic E-state index is 3.73. The van der Waals surface area contributed by atoms with Crippen LogP contribution in [-0.2, 0) is 31.1 Å². The van der Waals surface area contributed by atoms with Gasteiger partial charge < -0.3 is 9.80 Å². The maximum absolute atomic E-state index is 3.73. The molecule has 0 bridgehead atoms. The molecule has 2 nitrogen and oxygen atoms in total. The van der Waals surface area contributed by atoms with Gasteiger partial charge in [0.25, 0.3) is 0 Å². The van der Waals surface area contributed by atoms with Gasteiger partial charge in [-0.3, -0.25) is 0 Å². The lowest BCUT2D eigenvalue weighted by molar-refractivity contribution is 0.297. The monoisotopic (exact) mass is 802 g/mol. The standard InChI is InChI=1S/C60H54N2/c1-4-5-6-20-51-21-13-19-48-15-7-10-23-57(48)61(51)52-38-34-45(35-39-52)44-29-26-43(27-30-44)28-31-46-18-14-22-55-54(46)41-37-47-36-40-53(42-56(47)60(55,2)3)62-58-24-11-8-16-49(58)32-33-50-17-9-12-25-59(50)62/h4-12,14-18,20-31,34-35,38-39,42,54-55H,13,19,32-33,37,41H2,1-3H3/b5-4-,20-6-,31-28+. The van der Waals surface area contributed by atoms with E-state index in [2.05, 4.69) is 231 Å². The van der Waals surface area contributed by atoms with Crippen LogP contribution in [0.3, 0.4) is 0 Å². The van der Waals surface area contributed by atoms with Crippen molar-refractivity contribution in [3.8, 4) is 11.1 Å². The van der Waals surface area contributed by atoms with Gasteiger partial charge >= 0.3 is 0 Å². The number of hydrogen-bond acceptors (Lipinski definition) is 2. The summed E-state index contributed by atoms with van der Waals surface area (Å²) in [6, 6.07) is 54.5. The van der Waals surface area contributed by atoms with Crippen LogP contribution in [0.25, 0.3) is 17.2 Å². The summed E-state index contributed by atoms with van der Waals surface area (Å²) in [5.74, 6) is 0.780. The minimum atomic E-state index is -0.0969. The van der Waals surface area contributed by atoms with Crippen LogP contribution in [0, 0.1) is 24.0 Å². The van der Waals surface area contributed by atoms with E-state index in [1.54, 1.807) is 0 Å². The van der Waals surface area contributed by atoms with Crippen LogP contribution in [0.15, 0.2) is 193 Å². The first kappa shape index (κ1) is 39.3. The predicted octanol–water partition coefficient (Wildman–Crippen LogP) is 15.3. The molecule has 10 rings (SSSR count). The first-order valence-electron chi connectivity index (χ1n) is 22.5. The van der Waals surface area contributed by atoms with Crippen LogP contribution in [0.5, 0.6) is 0 Å². The molecule has 304 valence electrons. The van der Waals surface area contributed by atoms with Gasteiger partial charge in [0.15, 0.2) is 0 Å². The molecule has 0 radical (unpaired) electrons.